The normalized spacial score (nSPS) is 18.4. The van der Waals surface area contributed by atoms with Gasteiger partial charge in [-0.3, -0.25) is 4.79 Å². The van der Waals surface area contributed by atoms with Gasteiger partial charge in [0, 0.05) is 24.7 Å². The summed E-state index contributed by atoms with van der Waals surface area (Å²) in [7, 11) is 0. The number of carbonyl (C=O) groups is 1. The zero-order chi connectivity index (χ0) is 14.4. The molecule has 1 heterocycles. The lowest BCUT2D eigenvalue weighted by atomic mass is 9.96. The Labute approximate surface area is 116 Å². The highest BCUT2D eigenvalue weighted by atomic mass is 16.1. The van der Waals surface area contributed by atoms with Gasteiger partial charge in [-0.05, 0) is 46.6 Å². The molecule has 0 spiro atoms. The molecule has 0 unspecified atom stereocenters. The molecule has 0 bridgehead atoms. The van der Waals surface area contributed by atoms with Gasteiger partial charge in [-0.25, -0.2) is 4.99 Å². The molecular formula is C15H25N3O. The zero-order valence-electron chi connectivity index (χ0n) is 12.4. The van der Waals surface area contributed by atoms with Crippen molar-refractivity contribution in [3.63, 3.8) is 0 Å². The van der Waals surface area contributed by atoms with E-state index < -0.39 is 0 Å². The minimum Gasteiger partial charge on any atom is -0.369 e. The topological polar surface area (TPSA) is 58.7 Å². The summed E-state index contributed by atoms with van der Waals surface area (Å²) < 4.78 is 0. The minimum atomic E-state index is -0.176. The fourth-order valence-electron chi connectivity index (χ4n) is 2.10. The Balaban J connectivity index is 2.82. The number of rotatable bonds is 4. The van der Waals surface area contributed by atoms with Crippen LogP contribution in [0, 0.1) is 5.92 Å². The third kappa shape index (κ3) is 4.89. The van der Waals surface area contributed by atoms with Gasteiger partial charge in [-0.2, -0.15) is 0 Å². The Morgan fingerprint density at radius 2 is 1.84 bits per heavy atom. The molecule has 0 aromatic heterocycles. The van der Waals surface area contributed by atoms with E-state index in [0.717, 1.165) is 37.5 Å². The van der Waals surface area contributed by atoms with Crippen LogP contribution in [0.4, 0.5) is 0 Å². The van der Waals surface area contributed by atoms with Gasteiger partial charge < -0.3 is 10.6 Å². The van der Waals surface area contributed by atoms with Crippen LogP contribution in [0.5, 0.6) is 0 Å². The minimum absolute atomic E-state index is 0.0204. The van der Waals surface area contributed by atoms with Crippen LogP contribution in [-0.4, -0.2) is 29.6 Å². The number of hydrogen-bond acceptors (Lipinski definition) is 3. The Hall–Kier alpha value is -1.58. The molecule has 4 heteroatoms. The molecular weight excluding hydrogens is 238 g/mol. The summed E-state index contributed by atoms with van der Waals surface area (Å²) in [5, 5.41) is 0. The first-order valence-electron chi connectivity index (χ1n) is 6.84. The summed E-state index contributed by atoms with van der Waals surface area (Å²) >= 11 is 0. The number of hydrogen-bond donors (Lipinski definition) is 1. The van der Waals surface area contributed by atoms with Crippen molar-refractivity contribution in [2.45, 2.75) is 40.5 Å². The van der Waals surface area contributed by atoms with Crippen molar-refractivity contribution in [1.29, 1.82) is 0 Å². The monoisotopic (exact) mass is 263 g/mol. The predicted molar refractivity (Wildman–Crippen MR) is 79.8 cm³/mol. The first-order valence-corrected chi connectivity index (χ1v) is 6.84. The maximum absolute atomic E-state index is 11.2. The van der Waals surface area contributed by atoms with Crippen LogP contribution in [0.1, 0.15) is 40.5 Å². The van der Waals surface area contributed by atoms with E-state index in [1.807, 2.05) is 20.8 Å². The van der Waals surface area contributed by atoms with Gasteiger partial charge in [0.15, 0.2) is 0 Å². The molecule has 19 heavy (non-hydrogen) atoms. The molecule has 1 rings (SSSR count). The lowest BCUT2D eigenvalue weighted by Crippen LogP contribution is -2.37. The molecule has 1 aliphatic heterocycles. The number of primary amides is 1. The Morgan fingerprint density at radius 1 is 1.26 bits per heavy atom. The van der Waals surface area contributed by atoms with Crippen LogP contribution in [0.3, 0.4) is 0 Å². The molecule has 4 nitrogen and oxygen atoms in total. The highest BCUT2D eigenvalue weighted by Gasteiger charge is 2.24. The van der Waals surface area contributed by atoms with E-state index in [1.165, 1.54) is 5.57 Å². The van der Waals surface area contributed by atoms with Gasteiger partial charge in [0.1, 0.15) is 5.82 Å². The van der Waals surface area contributed by atoms with Crippen molar-refractivity contribution in [2.75, 3.05) is 13.1 Å². The second-order valence-electron chi connectivity index (χ2n) is 5.26. The van der Waals surface area contributed by atoms with E-state index in [0.29, 0.717) is 0 Å². The SMILES string of the molecule is C/C=C(C)/C=C(\N=C(C)C)N1CCC(C(N)=O)CC1. The highest BCUT2D eigenvalue weighted by Crippen LogP contribution is 2.21. The standard InChI is InChI=1S/C15H25N3O/c1-5-12(4)10-14(17-11(2)3)18-8-6-13(7-9-18)15(16)19/h5,10,13H,6-9H2,1-4H3,(H2,16,19)/b12-5+,14-10+. The summed E-state index contributed by atoms with van der Waals surface area (Å²) in [5.41, 5.74) is 7.59. The molecule has 1 fully saturated rings. The van der Waals surface area contributed by atoms with E-state index >= 15 is 0 Å². The van der Waals surface area contributed by atoms with Crippen molar-refractivity contribution in [3.8, 4) is 0 Å². The van der Waals surface area contributed by atoms with E-state index in [4.69, 9.17) is 5.73 Å². The zero-order valence-corrected chi connectivity index (χ0v) is 12.4. The predicted octanol–water partition coefficient (Wildman–Crippen LogP) is 2.47. The number of allylic oxidation sites excluding steroid dienone is 3. The van der Waals surface area contributed by atoms with E-state index in [9.17, 15) is 4.79 Å². The molecule has 1 aliphatic rings. The lowest BCUT2D eigenvalue weighted by molar-refractivity contribution is -0.123. The average molecular weight is 263 g/mol. The lowest BCUT2D eigenvalue weighted by Gasteiger charge is -2.32. The third-order valence-corrected chi connectivity index (χ3v) is 3.37. The second-order valence-corrected chi connectivity index (χ2v) is 5.26. The van der Waals surface area contributed by atoms with E-state index in [2.05, 4.69) is 29.0 Å². The van der Waals surface area contributed by atoms with Gasteiger partial charge in [0.25, 0.3) is 0 Å². The average Bonchev–Trinajstić information content (AvgIpc) is 2.37. The highest BCUT2D eigenvalue weighted by molar-refractivity contribution is 5.80. The van der Waals surface area contributed by atoms with Gasteiger partial charge in [-0.15, -0.1) is 0 Å². The quantitative estimate of drug-likeness (QED) is 0.625. The van der Waals surface area contributed by atoms with Crippen LogP contribution < -0.4 is 5.73 Å². The maximum Gasteiger partial charge on any atom is 0.220 e. The second kappa shape index (κ2) is 7.12. The fourth-order valence-corrected chi connectivity index (χ4v) is 2.10. The molecule has 0 aliphatic carbocycles. The van der Waals surface area contributed by atoms with Crippen LogP contribution in [0.15, 0.2) is 28.5 Å². The number of aliphatic imine (C=N–C) groups is 1. The van der Waals surface area contributed by atoms with Gasteiger partial charge in [-0.1, -0.05) is 11.6 Å². The molecule has 0 saturated carbocycles. The maximum atomic E-state index is 11.2. The van der Waals surface area contributed by atoms with Gasteiger partial charge in [0.05, 0.1) is 0 Å². The number of piperidine rings is 1. The first kappa shape index (κ1) is 15.5. The Kier molecular flexibility index (Phi) is 5.80. The van der Waals surface area contributed by atoms with Gasteiger partial charge >= 0.3 is 0 Å². The fraction of sp³-hybridized carbons (Fsp3) is 0.600. The summed E-state index contributed by atoms with van der Waals surface area (Å²) in [5.74, 6) is 0.829. The Morgan fingerprint density at radius 3 is 2.26 bits per heavy atom. The van der Waals surface area contributed by atoms with Crippen LogP contribution in [0.25, 0.3) is 0 Å². The molecule has 0 atom stereocenters. The summed E-state index contributed by atoms with van der Waals surface area (Å²) in [6.45, 7) is 9.76. The van der Waals surface area contributed by atoms with Crippen molar-refractivity contribution in [3.05, 3.63) is 23.5 Å². The summed E-state index contributed by atoms with van der Waals surface area (Å²) in [4.78, 5) is 18.0. The number of nitrogens with zero attached hydrogens (tertiary/aromatic N) is 2. The Bertz CT molecular complexity index is 409. The summed E-state index contributed by atoms with van der Waals surface area (Å²) in [6, 6.07) is 0. The molecule has 0 radical (unpaired) electrons. The smallest absolute Gasteiger partial charge is 0.220 e. The number of likely N-dealkylation sites (tertiary alicyclic amines) is 1. The number of amides is 1. The van der Waals surface area contributed by atoms with Gasteiger partial charge in [0.2, 0.25) is 5.91 Å². The molecule has 106 valence electrons. The first-order chi connectivity index (χ1) is 8.93. The summed E-state index contributed by atoms with van der Waals surface area (Å²) in [6.07, 6.45) is 5.80. The number of carbonyl (C=O) groups excluding carboxylic acids is 1. The van der Waals surface area contributed by atoms with Crippen molar-refractivity contribution >= 4 is 11.6 Å². The van der Waals surface area contributed by atoms with E-state index in [-0.39, 0.29) is 11.8 Å². The molecule has 2 N–H and O–H groups in total. The van der Waals surface area contributed by atoms with Crippen molar-refractivity contribution < 1.29 is 4.79 Å². The van der Waals surface area contributed by atoms with Crippen molar-refractivity contribution in [1.82, 2.24) is 4.90 Å². The van der Waals surface area contributed by atoms with Crippen LogP contribution in [-0.2, 0) is 4.79 Å². The van der Waals surface area contributed by atoms with Crippen LogP contribution >= 0.6 is 0 Å². The molecule has 0 aromatic carbocycles. The molecule has 1 saturated heterocycles. The molecule has 1 amide bonds. The van der Waals surface area contributed by atoms with Crippen LogP contribution in [0.2, 0.25) is 0 Å². The third-order valence-electron chi connectivity index (χ3n) is 3.37. The largest absolute Gasteiger partial charge is 0.369 e. The number of nitrogens with two attached hydrogens (primary N) is 1. The van der Waals surface area contributed by atoms with E-state index in [1.54, 1.807) is 0 Å². The molecule has 0 aromatic rings. The van der Waals surface area contributed by atoms with Crippen molar-refractivity contribution in [2.24, 2.45) is 16.6 Å².